The molecule has 1 amide bonds. The smallest absolute Gasteiger partial charge is 0.222 e. The molecule has 0 fully saturated rings. The SMILES string of the molecule is CCN(CCN)C(=O)CCC(C)C. The fourth-order valence-electron chi connectivity index (χ4n) is 1.19. The summed E-state index contributed by atoms with van der Waals surface area (Å²) in [5, 5.41) is 0. The van der Waals surface area contributed by atoms with E-state index in [-0.39, 0.29) is 5.91 Å². The molecule has 0 aliphatic carbocycles. The fraction of sp³-hybridized carbons (Fsp3) is 0.900. The van der Waals surface area contributed by atoms with E-state index in [2.05, 4.69) is 13.8 Å². The maximum Gasteiger partial charge on any atom is 0.222 e. The molecule has 2 N–H and O–H groups in total. The van der Waals surface area contributed by atoms with Crippen LogP contribution in [-0.4, -0.2) is 30.4 Å². The second kappa shape index (κ2) is 6.89. The van der Waals surface area contributed by atoms with Crippen molar-refractivity contribution in [1.29, 1.82) is 0 Å². The molecular formula is C10H22N2O. The number of nitrogens with zero attached hydrogens (tertiary/aromatic N) is 1. The Morgan fingerprint density at radius 1 is 1.46 bits per heavy atom. The van der Waals surface area contributed by atoms with Gasteiger partial charge in [0, 0.05) is 26.1 Å². The molecule has 13 heavy (non-hydrogen) atoms. The molecule has 0 rings (SSSR count). The summed E-state index contributed by atoms with van der Waals surface area (Å²) < 4.78 is 0. The number of amides is 1. The average molecular weight is 186 g/mol. The lowest BCUT2D eigenvalue weighted by Gasteiger charge is -2.20. The van der Waals surface area contributed by atoms with E-state index in [9.17, 15) is 4.79 Å². The Labute approximate surface area is 81.3 Å². The Morgan fingerprint density at radius 3 is 2.46 bits per heavy atom. The van der Waals surface area contributed by atoms with Gasteiger partial charge < -0.3 is 10.6 Å². The Hall–Kier alpha value is -0.570. The Morgan fingerprint density at radius 2 is 2.08 bits per heavy atom. The quantitative estimate of drug-likeness (QED) is 0.678. The number of hydrogen-bond acceptors (Lipinski definition) is 2. The summed E-state index contributed by atoms with van der Waals surface area (Å²) in [6, 6.07) is 0. The highest BCUT2D eigenvalue weighted by molar-refractivity contribution is 5.76. The predicted molar refractivity (Wildman–Crippen MR) is 55.4 cm³/mol. The van der Waals surface area contributed by atoms with Crippen molar-refractivity contribution in [3.05, 3.63) is 0 Å². The van der Waals surface area contributed by atoms with Crippen molar-refractivity contribution >= 4 is 5.91 Å². The lowest BCUT2D eigenvalue weighted by Crippen LogP contribution is -2.35. The van der Waals surface area contributed by atoms with Crippen molar-refractivity contribution in [2.45, 2.75) is 33.6 Å². The van der Waals surface area contributed by atoms with Gasteiger partial charge in [0.25, 0.3) is 0 Å². The fourth-order valence-corrected chi connectivity index (χ4v) is 1.19. The molecular weight excluding hydrogens is 164 g/mol. The molecule has 0 atom stereocenters. The molecule has 0 aromatic heterocycles. The van der Waals surface area contributed by atoms with Crippen LogP contribution in [-0.2, 0) is 4.79 Å². The first kappa shape index (κ1) is 12.4. The largest absolute Gasteiger partial charge is 0.342 e. The van der Waals surface area contributed by atoms with Crippen LogP contribution >= 0.6 is 0 Å². The summed E-state index contributed by atoms with van der Waals surface area (Å²) in [5.41, 5.74) is 5.40. The number of carbonyl (C=O) groups is 1. The van der Waals surface area contributed by atoms with E-state index < -0.39 is 0 Å². The van der Waals surface area contributed by atoms with Gasteiger partial charge in [0.2, 0.25) is 5.91 Å². The minimum atomic E-state index is 0.238. The van der Waals surface area contributed by atoms with E-state index in [1.54, 1.807) is 0 Å². The van der Waals surface area contributed by atoms with E-state index in [0.29, 0.717) is 25.4 Å². The van der Waals surface area contributed by atoms with Crippen LogP contribution in [0.1, 0.15) is 33.6 Å². The maximum atomic E-state index is 11.5. The Balaban J connectivity index is 3.77. The van der Waals surface area contributed by atoms with Gasteiger partial charge in [-0.3, -0.25) is 4.79 Å². The lowest BCUT2D eigenvalue weighted by molar-refractivity contribution is -0.131. The van der Waals surface area contributed by atoms with Crippen molar-refractivity contribution in [1.82, 2.24) is 4.90 Å². The van der Waals surface area contributed by atoms with Gasteiger partial charge in [-0.15, -0.1) is 0 Å². The van der Waals surface area contributed by atoms with E-state index >= 15 is 0 Å². The maximum absolute atomic E-state index is 11.5. The first-order chi connectivity index (χ1) is 6.11. The predicted octanol–water partition coefficient (Wildman–Crippen LogP) is 1.23. The van der Waals surface area contributed by atoms with Gasteiger partial charge in [-0.2, -0.15) is 0 Å². The van der Waals surface area contributed by atoms with E-state index in [1.807, 2.05) is 11.8 Å². The summed E-state index contributed by atoms with van der Waals surface area (Å²) in [4.78, 5) is 13.4. The Kier molecular flexibility index (Phi) is 6.59. The van der Waals surface area contributed by atoms with Gasteiger partial charge in [0.15, 0.2) is 0 Å². The molecule has 0 spiro atoms. The van der Waals surface area contributed by atoms with Gasteiger partial charge in [0.1, 0.15) is 0 Å². The minimum absolute atomic E-state index is 0.238. The van der Waals surface area contributed by atoms with Crippen molar-refractivity contribution in [3.63, 3.8) is 0 Å². The highest BCUT2D eigenvalue weighted by atomic mass is 16.2. The normalized spacial score (nSPS) is 10.5. The first-order valence-corrected chi connectivity index (χ1v) is 5.09. The van der Waals surface area contributed by atoms with Crippen molar-refractivity contribution in [2.24, 2.45) is 11.7 Å². The highest BCUT2D eigenvalue weighted by Crippen LogP contribution is 2.05. The minimum Gasteiger partial charge on any atom is -0.342 e. The number of nitrogens with two attached hydrogens (primary N) is 1. The number of rotatable bonds is 6. The van der Waals surface area contributed by atoms with E-state index in [0.717, 1.165) is 13.0 Å². The van der Waals surface area contributed by atoms with E-state index in [4.69, 9.17) is 5.73 Å². The average Bonchev–Trinajstić information content (AvgIpc) is 2.10. The molecule has 0 bridgehead atoms. The standard InChI is InChI=1S/C10H22N2O/c1-4-12(8-7-11)10(13)6-5-9(2)3/h9H,4-8,11H2,1-3H3. The zero-order valence-electron chi connectivity index (χ0n) is 9.05. The van der Waals surface area contributed by atoms with Gasteiger partial charge >= 0.3 is 0 Å². The monoisotopic (exact) mass is 186 g/mol. The summed E-state index contributed by atoms with van der Waals surface area (Å²) in [6.07, 6.45) is 1.63. The van der Waals surface area contributed by atoms with Crippen LogP contribution in [0, 0.1) is 5.92 Å². The molecule has 0 aliphatic rings. The van der Waals surface area contributed by atoms with E-state index in [1.165, 1.54) is 0 Å². The van der Waals surface area contributed by atoms with Crippen LogP contribution in [0.3, 0.4) is 0 Å². The molecule has 0 heterocycles. The summed E-state index contributed by atoms with van der Waals surface area (Å²) >= 11 is 0. The van der Waals surface area contributed by atoms with Crippen molar-refractivity contribution in [3.8, 4) is 0 Å². The summed E-state index contributed by atoms with van der Waals surface area (Å²) in [5.74, 6) is 0.835. The van der Waals surface area contributed by atoms with Gasteiger partial charge in [0.05, 0.1) is 0 Å². The summed E-state index contributed by atoms with van der Waals surface area (Å²) in [7, 11) is 0. The molecule has 3 nitrogen and oxygen atoms in total. The van der Waals surface area contributed by atoms with Crippen molar-refractivity contribution in [2.75, 3.05) is 19.6 Å². The third kappa shape index (κ3) is 5.64. The van der Waals surface area contributed by atoms with Gasteiger partial charge in [-0.05, 0) is 19.3 Å². The molecule has 78 valence electrons. The number of carbonyl (C=O) groups excluding carboxylic acids is 1. The molecule has 0 aromatic rings. The van der Waals surface area contributed by atoms with Crippen molar-refractivity contribution < 1.29 is 4.79 Å². The number of hydrogen-bond donors (Lipinski definition) is 1. The number of likely N-dealkylation sites (N-methyl/N-ethyl adjacent to an activating group) is 1. The highest BCUT2D eigenvalue weighted by Gasteiger charge is 2.10. The van der Waals surface area contributed by atoms with Gasteiger partial charge in [-0.1, -0.05) is 13.8 Å². The molecule has 0 radical (unpaired) electrons. The second-order valence-electron chi connectivity index (χ2n) is 3.69. The summed E-state index contributed by atoms with van der Waals surface area (Å²) in [6.45, 7) is 8.27. The molecule has 0 aromatic carbocycles. The van der Waals surface area contributed by atoms with Gasteiger partial charge in [-0.25, -0.2) is 0 Å². The molecule has 0 saturated heterocycles. The Bertz CT molecular complexity index is 146. The van der Waals surface area contributed by atoms with Crippen LogP contribution in [0.25, 0.3) is 0 Å². The second-order valence-corrected chi connectivity index (χ2v) is 3.69. The van der Waals surface area contributed by atoms with Crippen LogP contribution in [0.15, 0.2) is 0 Å². The third-order valence-electron chi connectivity index (χ3n) is 2.07. The van der Waals surface area contributed by atoms with Crippen LogP contribution < -0.4 is 5.73 Å². The molecule has 0 saturated carbocycles. The molecule has 3 heteroatoms. The molecule has 0 unspecified atom stereocenters. The third-order valence-corrected chi connectivity index (χ3v) is 2.07. The van der Waals surface area contributed by atoms with Crippen LogP contribution in [0.2, 0.25) is 0 Å². The van der Waals surface area contributed by atoms with Crippen LogP contribution in [0.4, 0.5) is 0 Å². The zero-order chi connectivity index (χ0) is 10.3. The zero-order valence-corrected chi connectivity index (χ0v) is 9.05. The topological polar surface area (TPSA) is 46.3 Å². The molecule has 0 aliphatic heterocycles. The lowest BCUT2D eigenvalue weighted by atomic mass is 10.1. The first-order valence-electron chi connectivity index (χ1n) is 5.09. The van der Waals surface area contributed by atoms with Crippen LogP contribution in [0.5, 0.6) is 0 Å².